The van der Waals surface area contributed by atoms with Gasteiger partial charge in [-0.25, -0.2) is 35.2 Å². The van der Waals surface area contributed by atoms with Crippen molar-refractivity contribution < 1.29 is 138 Å². The van der Waals surface area contributed by atoms with Crippen LogP contribution in [-0.4, -0.2) is 99.0 Å². The van der Waals surface area contributed by atoms with Crippen LogP contribution in [-0.2, 0) is 30.4 Å². The van der Waals surface area contributed by atoms with Gasteiger partial charge in [0.05, 0.1) is 42.9 Å². The van der Waals surface area contributed by atoms with Crippen LogP contribution in [0.3, 0.4) is 0 Å². The quantitative estimate of drug-likeness (QED) is 0.0671. The standard InChI is InChI=1S/C38H19N9O11S3.Ga.3Na.H2O/c48-47(49)19-4-1-17(2-5-19)18-3-9-23-27(13-18)35-39-31(23)41-36-29-15-21(60(53,54)55)7-11-25(29)33(43-36)45-38-30-16-22(61(56,57)58)8-12-26(30)34(46-38)44-37-28-14-20(59(50,51)52)6-10-24(28)32(40-35)42-37;;;;;/h1-16H,(H3-2,39,40,41,42,43,44,45,46,50,51,52,53,54,55,56,57,58);;;;;1H2/q-2;;3*+1;/p-3. The molecule has 0 saturated heterocycles. The Labute approximate surface area is 451 Å². The first-order chi connectivity index (χ1) is 28.9. The van der Waals surface area contributed by atoms with E-state index in [2.05, 4.69) is 24.9 Å². The first-order valence-corrected chi connectivity index (χ1v) is 21.5. The van der Waals surface area contributed by atoms with Crippen molar-refractivity contribution in [2.45, 2.75) is 14.7 Å². The Morgan fingerprint density at radius 3 is 1.20 bits per heavy atom. The number of hydrogen-bond donors (Lipinski definition) is 0. The molecule has 0 aliphatic carbocycles. The molecule has 0 atom stereocenters. The van der Waals surface area contributed by atoms with E-state index in [0.717, 1.165) is 36.4 Å². The number of non-ortho nitro benzene ring substituents is 1. The van der Waals surface area contributed by atoms with Gasteiger partial charge in [0.1, 0.15) is 30.4 Å². The number of benzene rings is 5. The Balaban J connectivity index is 0.00000163. The summed E-state index contributed by atoms with van der Waals surface area (Å²) in [6, 6.07) is 21.0. The molecule has 2 aliphatic rings. The second kappa shape index (κ2) is 19.3. The third kappa shape index (κ3) is 9.60. The van der Waals surface area contributed by atoms with Gasteiger partial charge in [-0.15, -0.1) is 0 Å². The van der Waals surface area contributed by atoms with E-state index in [0.29, 0.717) is 22.3 Å². The zero-order valence-corrected chi connectivity index (χ0v) is 44.9. The molecule has 66 heavy (non-hydrogen) atoms. The van der Waals surface area contributed by atoms with Crippen LogP contribution in [0.1, 0.15) is 0 Å². The second-order valence-corrected chi connectivity index (χ2v) is 17.7. The van der Waals surface area contributed by atoms with E-state index in [4.69, 9.17) is 15.0 Å². The maximum absolute atomic E-state index is 12.2. The Morgan fingerprint density at radius 2 is 0.773 bits per heavy atom. The van der Waals surface area contributed by atoms with Gasteiger partial charge in [0, 0.05) is 76.8 Å². The topological polar surface area (TPSA) is 352 Å². The number of nitro groups is 1. The molecule has 2 N–H and O–H groups in total. The van der Waals surface area contributed by atoms with Gasteiger partial charge in [-0.2, -0.15) is 0 Å². The van der Waals surface area contributed by atoms with Gasteiger partial charge in [0.15, 0.2) is 0 Å². The molecule has 3 radical (unpaired) electrons. The van der Waals surface area contributed by atoms with Crippen molar-refractivity contribution in [3.8, 4) is 56.7 Å². The average Bonchev–Trinajstić information content (AvgIpc) is 3.94. The summed E-state index contributed by atoms with van der Waals surface area (Å²) in [6.07, 6.45) is 0. The predicted octanol–water partition coefficient (Wildman–Crippen LogP) is -5.78. The van der Waals surface area contributed by atoms with E-state index in [1.807, 2.05) is 0 Å². The summed E-state index contributed by atoms with van der Waals surface area (Å²) in [5.41, 5.74) is 1.50. The minimum Gasteiger partial charge on any atom is -0.744 e. The van der Waals surface area contributed by atoms with Crippen LogP contribution in [0, 0.1) is 10.1 Å². The van der Waals surface area contributed by atoms with Crippen molar-refractivity contribution in [1.82, 2.24) is 39.9 Å². The van der Waals surface area contributed by atoms with E-state index in [-0.39, 0.29) is 198 Å². The minimum absolute atomic E-state index is 0. The Hall–Kier alpha value is -3.81. The van der Waals surface area contributed by atoms with Gasteiger partial charge in [0.2, 0.25) is 0 Å². The summed E-state index contributed by atoms with van der Waals surface area (Å²) in [5, 5.41) is 11.8. The van der Waals surface area contributed by atoms with Gasteiger partial charge < -0.3 is 49.0 Å². The van der Waals surface area contributed by atoms with Crippen molar-refractivity contribution >= 4 is 100.0 Å². The fourth-order valence-corrected chi connectivity index (χ4v) is 8.51. The smallest absolute Gasteiger partial charge is 0.744 e. The maximum Gasteiger partial charge on any atom is 1.00 e. The zero-order chi connectivity index (χ0) is 42.7. The van der Waals surface area contributed by atoms with E-state index in [1.54, 1.807) is 30.3 Å². The van der Waals surface area contributed by atoms with Crippen molar-refractivity contribution in [2.24, 2.45) is 0 Å². The summed E-state index contributed by atoms with van der Waals surface area (Å²) in [6.45, 7) is 0. The first-order valence-electron chi connectivity index (χ1n) is 17.3. The third-order valence-corrected chi connectivity index (χ3v) is 12.4. The number of nitro benzene ring substituents is 1. The van der Waals surface area contributed by atoms with Crippen LogP contribution < -0.4 is 98.6 Å². The molecule has 0 amide bonds. The molecule has 0 spiro atoms. The normalized spacial score (nSPS) is 11.7. The molecule has 5 aromatic carbocycles. The molecule has 0 fully saturated rings. The van der Waals surface area contributed by atoms with E-state index in [1.165, 1.54) is 30.3 Å². The van der Waals surface area contributed by atoms with E-state index < -0.39 is 50.0 Å². The first kappa shape index (κ1) is 53.1. The summed E-state index contributed by atoms with van der Waals surface area (Å²) in [5.74, 6) is -0.323. The molecule has 0 saturated carbocycles. The number of fused-ring (bicyclic) bond motifs is 20. The van der Waals surface area contributed by atoms with Crippen LogP contribution in [0.15, 0.2) is 112 Å². The average molecular weight is 1030 g/mol. The molecule has 2 aliphatic heterocycles. The molecule has 0 unspecified atom stereocenters. The molecule has 10 rings (SSSR count). The minimum atomic E-state index is -5.00. The van der Waals surface area contributed by atoms with Crippen molar-refractivity contribution in [2.75, 3.05) is 0 Å². The third-order valence-electron chi connectivity index (χ3n) is 9.89. The van der Waals surface area contributed by atoms with E-state index >= 15 is 0 Å². The second-order valence-electron chi connectivity index (χ2n) is 13.5. The van der Waals surface area contributed by atoms with Crippen LogP contribution in [0.25, 0.3) is 101 Å². The van der Waals surface area contributed by atoms with Crippen LogP contribution >= 0.6 is 0 Å². The largest absolute Gasteiger partial charge is 1.00 e. The molecule has 28 heteroatoms. The van der Waals surface area contributed by atoms with Gasteiger partial charge in [-0.05, 0) is 87.3 Å². The molecule has 313 valence electrons. The Morgan fingerprint density at radius 1 is 0.424 bits per heavy atom. The maximum atomic E-state index is 12.2. The van der Waals surface area contributed by atoms with E-state index in [9.17, 15) is 49.0 Å². The van der Waals surface area contributed by atoms with Crippen molar-refractivity contribution in [1.29, 1.82) is 0 Å². The summed E-state index contributed by atoms with van der Waals surface area (Å²) in [4.78, 5) is 46.0. The SMILES string of the molecule is O.O=[N+]([O-])c1ccc(-c2ccc3c(c2)-c2nc-3nc3[n-]c(nc4nc(nc5[n-]c(n2)c2ccc(S(=O)(=O)[O-])cc52)-c2ccc(S(=O)(=O)[O-])cc2-4)c2ccc(S(=O)(=O)[O-])cc32)cc1.[Ga].[Na+].[Na+].[Na+]. The molecule has 5 heterocycles. The number of rotatable bonds is 5. The Bertz CT molecular complexity index is 3830. The predicted molar refractivity (Wildman–Crippen MR) is 219 cm³/mol. The monoisotopic (exact) mass is 1030 g/mol. The molecule has 8 aromatic rings. The van der Waals surface area contributed by atoms with Crippen molar-refractivity contribution in [3.05, 3.63) is 107 Å². The summed E-state index contributed by atoms with van der Waals surface area (Å²) >= 11 is 0. The van der Waals surface area contributed by atoms with Crippen LogP contribution in [0.4, 0.5) is 5.69 Å². The van der Waals surface area contributed by atoms with Crippen LogP contribution in [0.2, 0.25) is 0 Å². The van der Waals surface area contributed by atoms with Gasteiger partial charge in [-0.1, -0.05) is 30.3 Å². The number of hydrogen-bond acceptors (Lipinski definition) is 17. The number of aromatic nitrogens is 8. The van der Waals surface area contributed by atoms with Crippen LogP contribution in [0.5, 0.6) is 0 Å². The fourth-order valence-electron chi connectivity index (χ4n) is 7.02. The molecular formula is C38H18GaN9Na3O12S3-2. The van der Waals surface area contributed by atoms with Gasteiger partial charge in [-0.3, -0.25) is 10.1 Å². The summed E-state index contributed by atoms with van der Waals surface area (Å²) in [7, 11) is -15.0. The fraction of sp³-hybridized carbons (Fsp3) is 0. The molecule has 3 aromatic heterocycles. The number of nitrogens with zero attached hydrogens (tertiary/aromatic N) is 9. The van der Waals surface area contributed by atoms with Gasteiger partial charge >= 0.3 is 88.7 Å². The van der Waals surface area contributed by atoms with Crippen molar-refractivity contribution in [3.63, 3.8) is 0 Å². The Kier molecular flexibility index (Phi) is 15.5. The van der Waals surface area contributed by atoms with Gasteiger partial charge in [0.25, 0.3) is 5.69 Å². The summed E-state index contributed by atoms with van der Waals surface area (Å²) < 4.78 is 109. The zero-order valence-electron chi connectivity index (χ0n) is 34.1. The molecule has 8 bridgehead atoms. The molecule has 21 nitrogen and oxygen atoms in total. The molecular weight excluding hydrogens is 1010 g/mol.